The van der Waals surface area contributed by atoms with Crippen LogP contribution < -0.4 is 10.1 Å². The van der Waals surface area contributed by atoms with E-state index in [-0.39, 0.29) is 5.69 Å². The van der Waals surface area contributed by atoms with Gasteiger partial charge in [-0.1, -0.05) is 0 Å². The van der Waals surface area contributed by atoms with Crippen LogP contribution in [0, 0.1) is 0 Å². The van der Waals surface area contributed by atoms with Crippen LogP contribution in [0.2, 0.25) is 0 Å². The molecule has 2 aromatic rings. The number of benzene rings is 1. The molecule has 0 saturated heterocycles. The van der Waals surface area contributed by atoms with Crippen LogP contribution in [0.3, 0.4) is 0 Å². The molecule has 0 aliphatic carbocycles. The van der Waals surface area contributed by atoms with Crippen LogP contribution in [0.1, 0.15) is 31.3 Å². The summed E-state index contributed by atoms with van der Waals surface area (Å²) in [6.07, 6.45) is -0.591. The lowest BCUT2D eigenvalue weighted by Gasteiger charge is -2.20. The van der Waals surface area contributed by atoms with Gasteiger partial charge >= 0.3 is 12.1 Å². The third kappa shape index (κ3) is 4.25. The second-order valence-corrected chi connectivity index (χ2v) is 6.01. The molecule has 0 bridgehead atoms. The van der Waals surface area contributed by atoms with Gasteiger partial charge in [-0.05, 0) is 45.0 Å². The van der Waals surface area contributed by atoms with E-state index in [9.17, 15) is 9.59 Å². The van der Waals surface area contributed by atoms with E-state index in [1.165, 1.54) is 13.2 Å². The summed E-state index contributed by atoms with van der Waals surface area (Å²) < 4.78 is 10.5. The lowest BCUT2D eigenvalue weighted by Crippen LogP contribution is -2.27. The summed E-state index contributed by atoms with van der Waals surface area (Å²) in [5.41, 5.74) is 0.738. The predicted octanol–water partition coefficient (Wildman–Crippen LogP) is 3.13. The van der Waals surface area contributed by atoms with Crippen molar-refractivity contribution in [3.05, 3.63) is 30.0 Å². The van der Waals surface area contributed by atoms with E-state index >= 15 is 0 Å². The maximum absolute atomic E-state index is 11.9. The van der Waals surface area contributed by atoms with Gasteiger partial charge in [0.25, 0.3) is 0 Å². The molecule has 0 aliphatic rings. The molecule has 0 spiro atoms. The van der Waals surface area contributed by atoms with E-state index in [1.54, 1.807) is 39.0 Å². The first-order valence-electron chi connectivity index (χ1n) is 7.17. The number of ether oxygens (including phenoxy) is 2. The van der Waals surface area contributed by atoms with Gasteiger partial charge in [-0.25, -0.2) is 9.59 Å². The highest BCUT2D eigenvalue weighted by molar-refractivity contribution is 5.89. The number of aromatic nitrogens is 2. The second-order valence-electron chi connectivity index (χ2n) is 6.01. The molecule has 1 amide bonds. The Morgan fingerprint density at radius 1 is 1.25 bits per heavy atom. The SMILES string of the molecule is COc1ccc(NC(=O)OC(C)(C)C)cc1-c1cc(C(=O)O)[nH]n1. The number of H-pyrrole nitrogens is 1. The van der Waals surface area contributed by atoms with Crippen molar-refractivity contribution in [3.8, 4) is 17.0 Å². The maximum Gasteiger partial charge on any atom is 0.412 e. The summed E-state index contributed by atoms with van der Waals surface area (Å²) in [4.78, 5) is 22.8. The van der Waals surface area contributed by atoms with E-state index in [0.29, 0.717) is 22.7 Å². The number of aromatic amines is 1. The van der Waals surface area contributed by atoms with E-state index < -0.39 is 17.7 Å². The number of amides is 1. The van der Waals surface area contributed by atoms with Gasteiger partial charge in [-0.15, -0.1) is 0 Å². The molecule has 1 heterocycles. The first-order valence-corrected chi connectivity index (χ1v) is 7.17. The number of methoxy groups -OCH3 is 1. The highest BCUT2D eigenvalue weighted by Crippen LogP contribution is 2.32. The van der Waals surface area contributed by atoms with Crippen LogP contribution in [0.5, 0.6) is 5.75 Å². The Labute approximate surface area is 138 Å². The lowest BCUT2D eigenvalue weighted by molar-refractivity contribution is 0.0634. The highest BCUT2D eigenvalue weighted by atomic mass is 16.6. The fourth-order valence-corrected chi connectivity index (χ4v) is 1.98. The number of nitrogens with zero attached hydrogens (tertiary/aromatic N) is 1. The van der Waals surface area contributed by atoms with Gasteiger partial charge < -0.3 is 14.6 Å². The summed E-state index contributed by atoms with van der Waals surface area (Å²) in [7, 11) is 1.49. The van der Waals surface area contributed by atoms with E-state index in [2.05, 4.69) is 15.5 Å². The molecule has 1 aromatic heterocycles. The standard InChI is InChI=1S/C16H19N3O5/c1-16(2,3)24-15(22)17-9-5-6-13(23-4)10(7-9)11-8-12(14(20)21)19-18-11/h5-8H,1-4H3,(H,17,22)(H,18,19)(H,20,21). The molecule has 8 nitrogen and oxygen atoms in total. The van der Waals surface area contributed by atoms with Crippen molar-refractivity contribution in [1.82, 2.24) is 10.2 Å². The van der Waals surface area contributed by atoms with Crippen LogP contribution in [0.25, 0.3) is 11.3 Å². The van der Waals surface area contributed by atoms with Crippen LogP contribution in [0.4, 0.5) is 10.5 Å². The highest BCUT2D eigenvalue weighted by Gasteiger charge is 2.18. The maximum atomic E-state index is 11.9. The molecule has 0 radical (unpaired) electrons. The molecule has 0 saturated carbocycles. The molecule has 0 aliphatic heterocycles. The van der Waals surface area contributed by atoms with Gasteiger partial charge in [0.2, 0.25) is 0 Å². The van der Waals surface area contributed by atoms with Gasteiger partial charge in [0.05, 0.1) is 12.8 Å². The minimum atomic E-state index is -1.12. The molecular formula is C16H19N3O5. The summed E-state index contributed by atoms with van der Waals surface area (Å²) in [6, 6.07) is 6.32. The molecule has 128 valence electrons. The fraction of sp³-hybridized carbons (Fsp3) is 0.312. The molecule has 3 N–H and O–H groups in total. The summed E-state index contributed by atoms with van der Waals surface area (Å²) >= 11 is 0. The second kappa shape index (κ2) is 6.61. The summed E-state index contributed by atoms with van der Waals surface area (Å²) in [5, 5.41) is 18.0. The van der Waals surface area contributed by atoms with Crippen molar-refractivity contribution in [2.75, 3.05) is 12.4 Å². The third-order valence-corrected chi connectivity index (χ3v) is 2.93. The number of carboxylic acids is 1. The number of hydrogen-bond donors (Lipinski definition) is 3. The minimum absolute atomic E-state index is 0.0439. The monoisotopic (exact) mass is 333 g/mol. The van der Waals surface area contributed by atoms with Crippen LogP contribution in [-0.4, -0.2) is 40.1 Å². The van der Waals surface area contributed by atoms with Crippen LogP contribution in [-0.2, 0) is 4.74 Å². The normalized spacial score (nSPS) is 11.0. The third-order valence-electron chi connectivity index (χ3n) is 2.93. The van der Waals surface area contributed by atoms with Gasteiger partial charge in [-0.3, -0.25) is 10.4 Å². The topological polar surface area (TPSA) is 114 Å². The first kappa shape index (κ1) is 17.3. The summed E-state index contributed by atoms with van der Waals surface area (Å²) in [6.45, 7) is 5.30. The molecule has 1 aromatic carbocycles. The number of anilines is 1. The van der Waals surface area contributed by atoms with Gasteiger partial charge in [0.1, 0.15) is 17.0 Å². The van der Waals surface area contributed by atoms with E-state index in [1.807, 2.05) is 0 Å². The number of rotatable bonds is 4. The van der Waals surface area contributed by atoms with Crippen molar-refractivity contribution in [1.29, 1.82) is 0 Å². The first-order chi connectivity index (χ1) is 11.2. The van der Waals surface area contributed by atoms with Crippen molar-refractivity contribution >= 4 is 17.7 Å². The van der Waals surface area contributed by atoms with Crippen molar-refractivity contribution in [2.45, 2.75) is 26.4 Å². The number of nitrogens with one attached hydrogen (secondary N) is 2. The smallest absolute Gasteiger partial charge is 0.412 e. The molecule has 0 atom stereocenters. The van der Waals surface area contributed by atoms with Crippen molar-refractivity contribution in [2.24, 2.45) is 0 Å². The Balaban J connectivity index is 2.30. The van der Waals surface area contributed by atoms with Crippen LogP contribution >= 0.6 is 0 Å². The predicted molar refractivity (Wildman–Crippen MR) is 87.4 cm³/mol. The molecule has 8 heteroatoms. The largest absolute Gasteiger partial charge is 0.496 e. The molecule has 0 fully saturated rings. The molecular weight excluding hydrogens is 314 g/mol. The average molecular weight is 333 g/mol. The Morgan fingerprint density at radius 3 is 2.50 bits per heavy atom. The zero-order valence-corrected chi connectivity index (χ0v) is 13.8. The minimum Gasteiger partial charge on any atom is -0.496 e. The van der Waals surface area contributed by atoms with E-state index in [0.717, 1.165) is 0 Å². The Hall–Kier alpha value is -3.03. The number of hydrogen-bond acceptors (Lipinski definition) is 5. The Bertz CT molecular complexity index is 761. The summed E-state index contributed by atoms with van der Waals surface area (Å²) in [5.74, 6) is -0.621. The molecule has 0 unspecified atom stereocenters. The number of carbonyl (C=O) groups is 2. The van der Waals surface area contributed by atoms with Gasteiger partial charge in [0.15, 0.2) is 0 Å². The zero-order chi connectivity index (χ0) is 17.9. The van der Waals surface area contributed by atoms with Crippen molar-refractivity contribution < 1.29 is 24.2 Å². The van der Waals surface area contributed by atoms with Gasteiger partial charge in [0, 0.05) is 11.3 Å². The quantitative estimate of drug-likeness (QED) is 0.792. The van der Waals surface area contributed by atoms with Crippen LogP contribution in [0.15, 0.2) is 24.3 Å². The van der Waals surface area contributed by atoms with E-state index in [4.69, 9.17) is 14.6 Å². The van der Waals surface area contributed by atoms with Gasteiger partial charge in [-0.2, -0.15) is 5.10 Å². The number of carbonyl (C=O) groups excluding carboxylic acids is 1. The number of carboxylic acid groups (broad SMARTS) is 1. The number of aromatic carboxylic acids is 1. The lowest BCUT2D eigenvalue weighted by atomic mass is 10.1. The average Bonchev–Trinajstić information content (AvgIpc) is 2.95. The Kier molecular flexibility index (Phi) is 4.77. The Morgan fingerprint density at radius 2 is 1.96 bits per heavy atom. The fourth-order valence-electron chi connectivity index (χ4n) is 1.98. The zero-order valence-electron chi connectivity index (χ0n) is 13.8. The van der Waals surface area contributed by atoms with Crippen molar-refractivity contribution in [3.63, 3.8) is 0 Å². The molecule has 2 rings (SSSR count). The molecule has 24 heavy (non-hydrogen) atoms.